The molecule has 0 heterocycles. The number of alkyl carbamates (subject to hydrolysis) is 1. The van der Waals surface area contributed by atoms with Gasteiger partial charge in [0, 0.05) is 16.3 Å². The predicted molar refractivity (Wildman–Crippen MR) is 73.0 cm³/mol. The first kappa shape index (κ1) is 15.9. The summed E-state index contributed by atoms with van der Waals surface area (Å²) in [4.78, 5) is 11.4. The van der Waals surface area contributed by atoms with Crippen LogP contribution in [0, 0.1) is 0 Å². The van der Waals surface area contributed by atoms with Gasteiger partial charge in [-0.25, -0.2) is 13.2 Å². The van der Waals surface area contributed by atoms with E-state index in [2.05, 4.69) is 27.0 Å². The third-order valence-electron chi connectivity index (χ3n) is 2.32. The largest absolute Gasteiger partial charge is 0.450 e. The maximum Gasteiger partial charge on any atom is 0.411 e. The zero-order valence-corrected chi connectivity index (χ0v) is 13.0. The smallest absolute Gasteiger partial charge is 0.411 e. The highest BCUT2D eigenvalue weighted by molar-refractivity contribution is 9.10. The van der Waals surface area contributed by atoms with Crippen molar-refractivity contribution in [1.82, 2.24) is 5.32 Å². The van der Waals surface area contributed by atoms with Crippen molar-refractivity contribution in [2.45, 2.75) is 18.0 Å². The van der Waals surface area contributed by atoms with E-state index in [0.717, 1.165) is 6.26 Å². The third kappa shape index (κ3) is 4.48. The van der Waals surface area contributed by atoms with Crippen molar-refractivity contribution >= 4 is 31.9 Å². The summed E-state index contributed by atoms with van der Waals surface area (Å²) in [6, 6.07) is 4.77. The van der Waals surface area contributed by atoms with Crippen molar-refractivity contribution in [2.75, 3.05) is 12.9 Å². The standard InChI is InChI=1S/C11H15BrN2O4S/c1-3-18-11(15)14-10(13)8-5-4-7(12)6-9(8)19(2,16)17/h4-6,10H,3,13H2,1-2H3,(H,14,15)/p+1. The highest BCUT2D eigenvalue weighted by Gasteiger charge is 2.22. The lowest BCUT2D eigenvalue weighted by atomic mass is 10.2. The normalized spacial score (nSPS) is 12.8. The minimum atomic E-state index is -3.41. The molecule has 0 spiro atoms. The molecule has 1 aromatic carbocycles. The van der Waals surface area contributed by atoms with E-state index in [0.29, 0.717) is 10.0 Å². The number of hydrogen-bond donors (Lipinski definition) is 2. The minimum absolute atomic E-state index is 0.124. The first-order valence-electron chi connectivity index (χ1n) is 5.51. The third-order valence-corrected chi connectivity index (χ3v) is 3.96. The van der Waals surface area contributed by atoms with Gasteiger partial charge in [0.15, 0.2) is 16.0 Å². The van der Waals surface area contributed by atoms with Crippen LogP contribution >= 0.6 is 15.9 Å². The molecule has 0 aliphatic heterocycles. The molecule has 106 valence electrons. The van der Waals surface area contributed by atoms with E-state index in [1.165, 1.54) is 6.07 Å². The molecule has 0 saturated carbocycles. The van der Waals surface area contributed by atoms with Crippen molar-refractivity contribution in [1.29, 1.82) is 0 Å². The highest BCUT2D eigenvalue weighted by Crippen LogP contribution is 2.23. The van der Waals surface area contributed by atoms with Crippen molar-refractivity contribution in [3.63, 3.8) is 0 Å². The zero-order valence-electron chi connectivity index (χ0n) is 10.6. The van der Waals surface area contributed by atoms with Gasteiger partial charge < -0.3 is 10.5 Å². The molecule has 1 rings (SSSR count). The molecule has 0 radical (unpaired) electrons. The van der Waals surface area contributed by atoms with Gasteiger partial charge >= 0.3 is 6.09 Å². The van der Waals surface area contributed by atoms with Gasteiger partial charge in [-0.1, -0.05) is 15.9 Å². The van der Waals surface area contributed by atoms with Gasteiger partial charge in [0.25, 0.3) is 0 Å². The fourth-order valence-corrected chi connectivity index (χ4v) is 3.00. The molecule has 8 heteroatoms. The number of nitrogens with one attached hydrogen (secondary N) is 1. The maximum absolute atomic E-state index is 11.7. The topological polar surface area (TPSA) is 100 Å². The van der Waals surface area contributed by atoms with E-state index >= 15 is 0 Å². The molecule has 6 nitrogen and oxygen atoms in total. The van der Waals surface area contributed by atoms with Crippen molar-refractivity contribution < 1.29 is 23.7 Å². The van der Waals surface area contributed by atoms with Gasteiger partial charge in [0.1, 0.15) is 0 Å². The molecule has 0 saturated heterocycles. The van der Waals surface area contributed by atoms with Crippen LogP contribution in [0.2, 0.25) is 0 Å². The van der Waals surface area contributed by atoms with Crippen LogP contribution in [0.15, 0.2) is 27.6 Å². The van der Waals surface area contributed by atoms with Crippen LogP contribution in [0.5, 0.6) is 0 Å². The van der Waals surface area contributed by atoms with Gasteiger partial charge in [-0.05, 0) is 25.1 Å². The lowest BCUT2D eigenvalue weighted by molar-refractivity contribution is -0.433. The van der Waals surface area contributed by atoms with Gasteiger partial charge in [-0.15, -0.1) is 0 Å². The van der Waals surface area contributed by atoms with Crippen molar-refractivity contribution in [3.05, 3.63) is 28.2 Å². The summed E-state index contributed by atoms with van der Waals surface area (Å²) in [6.07, 6.45) is -0.239. The second kappa shape index (κ2) is 6.36. The van der Waals surface area contributed by atoms with E-state index in [1.807, 2.05) is 0 Å². The summed E-state index contributed by atoms with van der Waals surface area (Å²) in [5.74, 6) is 0. The first-order chi connectivity index (χ1) is 8.75. The van der Waals surface area contributed by atoms with Crippen LogP contribution in [0.1, 0.15) is 18.7 Å². The number of benzene rings is 1. The second-order valence-corrected chi connectivity index (χ2v) is 6.77. The van der Waals surface area contributed by atoms with Crippen LogP contribution in [-0.4, -0.2) is 27.4 Å². The predicted octanol–water partition coefficient (Wildman–Crippen LogP) is 0.839. The number of carbonyl (C=O) groups excluding carboxylic acids is 1. The average Bonchev–Trinajstić information content (AvgIpc) is 2.27. The molecule has 1 atom stereocenters. The second-order valence-electron chi connectivity index (χ2n) is 3.87. The summed E-state index contributed by atoms with van der Waals surface area (Å²) in [5.41, 5.74) is 4.16. The average molecular weight is 352 g/mol. The molecule has 0 fully saturated rings. The molecular formula is C11H16BrN2O4S+. The van der Waals surface area contributed by atoms with E-state index in [9.17, 15) is 13.2 Å². The van der Waals surface area contributed by atoms with Crippen LogP contribution in [0.4, 0.5) is 4.79 Å². The Morgan fingerprint density at radius 3 is 2.68 bits per heavy atom. The monoisotopic (exact) mass is 351 g/mol. The van der Waals surface area contributed by atoms with Crippen molar-refractivity contribution in [3.8, 4) is 0 Å². The minimum Gasteiger partial charge on any atom is -0.450 e. The number of carbonyl (C=O) groups is 1. The van der Waals surface area contributed by atoms with Gasteiger partial charge in [0.2, 0.25) is 0 Å². The molecule has 0 aromatic heterocycles. The van der Waals surface area contributed by atoms with Crippen LogP contribution in [0.3, 0.4) is 0 Å². The number of sulfone groups is 1. The number of quaternary nitrogens is 1. The molecule has 0 aliphatic carbocycles. The summed E-state index contributed by atoms with van der Waals surface area (Å²) < 4.78 is 28.8. The number of halogens is 1. The Balaban J connectivity index is 3.10. The summed E-state index contributed by atoms with van der Waals surface area (Å²) >= 11 is 3.22. The molecule has 1 amide bonds. The van der Waals surface area contributed by atoms with Crippen LogP contribution < -0.4 is 11.1 Å². The van der Waals surface area contributed by atoms with E-state index in [1.54, 1.807) is 19.1 Å². The lowest BCUT2D eigenvalue weighted by Gasteiger charge is -2.14. The molecular weight excluding hydrogens is 336 g/mol. The number of rotatable bonds is 4. The summed E-state index contributed by atoms with van der Waals surface area (Å²) in [5, 5.41) is 2.48. The Kier molecular flexibility index (Phi) is 5.33. The fraction of sp³-hybridized carbons (Fsp3) is 0.364. The summed E-state index contributed by atoms with van der Waals surface area (Å²) in [7, 11) is -3.41. The summed E-state index contributed by atoms with van der Waals surface area (Å²) in [6.45, 7) is 1.91. The molecule has 1 aromatic rings. The molecule has 0 aliphatic rings. The van der Waals surface area contributed by atoms with Gasteiger partial charge in [0.05, 0.1) is 11.5 Å². The van der Waals surface area contributed by atoms with E-state index in [4.69, 9.17) is 4.74 Å². The van der Waals surface area contributed by atoms with Gasteiger partial charge in [-0.3, -0.25) is 5.32 Å². The van der Waals surface area contributed by atoms with E-state index < -0.39 is 22.1 Å². The lowest BCUT2D eigenvalue weighted by Crippen LogP contribution is -2.61. The molecule has 1 unspecified atom stereocenters. The Morgan fingerprint density at radius 2 is 2.16 bits per heavy atom. The number of ether oxygens (including phenoxy) is 1. The van der Waals surface area contributed by atoms with Crippen LogP contribution in [0.25, 0.3) is 0 Å². The number of amides is 1. The Hall–Kier alpha value is -1.12. The Labute approximate surface area is 120 Å². The van der Waals surface area contributed by atoms with Gasteiger partial charge in [-0.2, -0.15) is 0 Å². The van der Waals surface area contributed by atoms with E-state index in [-0.39, 0.29) is 11.5 Å². The molecule has 0 bridgehead atoms. The fourth-order valence-electron chi connectivity index (χ4n) is 1.51. The first-order valence-corrected chi connectivity index (χ1v) is 8.20. The Morgan fingerprint density at radius 1 is 1.53 bits per heavy atom. The maximum atomic E-state index is 11.7. The molecule has 19 heavy (non-hydrogen) atoms. The quantitative estimate of drug-likeness (QED) is 0.784. The zero-order chi connectivity index (χ0) is 14.6. The highest BCUT2D eigenvalue weighted by atomic mass is 79.9. The number of hydrogen-bond acceptors (Lipinski definition) is 4. The Bertz CT molecular complexity index is 574. The molecule has 4 N–H and O–H groups in total. The van der Waals surface area contributed by atoms with Crippen molar-refractivity contribution in [2.24, 2.45) is 0 Å². The SMILES string of the molecule is CCOC(=O)NC([NH3+])c1ccc(Br)cc1S(C)(=O)=O. The van der Waals surface area contributed by atoms with Crippen LogP contribution in [-0.2, 0) is 14.6 Å².